The maximum atomic E-state index is 12.5. The second kappa shape index (κ2) is 5.17. The fourth-order valence-corrected chi connectivity index (χ4v) is 4.93. The van der Waals surface area contributed by atoms with Crippen LogP contribution in [0.4, 0.5) is 0 Å². The van der Waals surface area contributed by atoms with Crippen molar-refractivity contribution in [3.63, 3.8) is 0 Å². The highest BCUT2D eigenvalue weighted by atomic mass is 32.2. The van der Waals surface area contributed by atoms with Crippen molar-refractivity contribution in [1.29, 1.82) is 0 Å². The lowest BCUT2D eigenvalue weighted by molar-refractivity contribution is 0.0972. The molecular formula is C10H18N2O3S2. The van der Waals surface area contributed by atoms with E-state index in [1.54, 1.807) is 0 Å². The number of thiocarbonyl (C=S) groups is 1. The Morgan fingerprint density at radius 1 is 1.29 bits per heavy atom. The smallest absolute Gasteiger partial charge is 0.217 e. The molecule has 1 atom stereocenters. The molecule has 0 aromatic heterocycles. The molecule has 2 fully saturated rings. The molecule has 98 valence electrons. The van der Waals surface area contributed by atoms with Gasteiger partial charge in [-0.05, 0) is 25.7 Å². The molecule has 2 N–H and O–H groups in total. The fraction of sp³-hybridized carbons (Fsp3) is 0.900. The number of nitrogens with two attached hydrogens (primary N) is 1. The first kappa shape index (κ1) is 13.2. The largest absolute Gasteiger partial charge is 0.392 e. The van der Waals surface area contributed by atoms with Gasteiger partial charge in [-0.3, -0.25) is 0 Å². The van der Waals surface area contributed by atoms with Crippen molar-refractivity contribution < 1.29 is 13.2 Å². The second-order valence-electron chi connectivity index (χ2n) is 4.53. The summed E-state index contributed by atoms with van der Waals surface area (Å²) >= 11 is 4.95. The van der Waals surface area contributed by atoms with Gasteiger partial charge in [-0.15, -0.1) is 0 Å². The number of sulfonamides is 1. The molecule has 5 nitrogen and oxygen atoms in total. The molecule has 2 saturated heterocycles. The van der Waals surface area contributed by atoms with E-state index in [-0.39, 0.29) is 16.3 Å². The van der Waals surface area contributed by atoms with Crippen LogP contribution in [0.3, 0.4) is 0 Å². The van der Waals surface area contributed by atoms with Gasteiger partial charge in [-0.25, -0.2) is 8.42 Å². The lowest BCUT2D eigenvalue weighted by atomic mass is 10.2. The van der Waals surface area contributed by atoms with Crippen molar-refractivity contribution in [2.75, 3.05) is 19.8 Å². The molecule has 17 heavy (non-hydrogen) atoms. The van der Waals surface area contributed by atoms with E-state index in [0.29, 0.717) is 32.6 Å². The molecule has 2 aliphatic rings. The molecule has 2 heterocycles. The van der Waals surface area contributed by atoms with Crippen molar-refractivity contribution >= 4 is 27.2 Å². The van der Waals surface area contributed by atoms with Crippen molar-refractivity contribution in [1.82, 2.24) is 4.31 Å². The normalized spacial score (nSPS) is 28.4. The number of hydrogen-bond acceptors (Lipinski definition) is 4. The molecule has 0 aliphatic carbocycles. The van der Waals surface area contributed by atoms with Gasteiger partial charge in [0.25, 0.3) is 0 Å². The van der Waals surface area contributed by atoms with Crippen LogP contribution in [-0.4, -0.2) is 48.8 Å². The lowest BCUT2D eigenvalue weighted by Gasteiger charge is -2.30. The molecule has 1 unspecified atom stereocenters. The summed E-state index contributed by atoms with van der Waals surface area (Å²) in [7, 11) is -3.27. The third-order valence-corrected chi connectivity index (χ3v) is 6.13. The van der Waals surface area contributed by atoms with Crippen molar-refractivity contribution in [3.8, 4) is 0 Å². The number of nitrogens with zero attached hydrogens (tertiary/aromatic N) is 1. The first-order chi connectivity index (χ1) is 8.03. The molecular weight excluding hydrogens is 260 g/mol. The predicted octanol–water partition coefficient (Wildman–Crippen LogP) is 0.246. The monoisotopic (exact) mass is 278 g/mol. The molecule has 0 spiro atoms. The van der Waals surface area contributed by atoms with Gasteiger partial charge < -0.3 is 10.5 Å². The van der Waals surface area contributed by atoms with Gasteiger partial charge in [0.15, 0.2) is 0 Å². The van der Waals surface area contributed by atoms with Crippen LogP contribution >= 0.6 is 12.2 Å². The molecule has 0 aromatic carbocycles. The molecule has 2 rings (SSSR count). The first-order valence-electron chi connectivity index (χ1n) is 5.91. The van der Waals surface area contributed by atoms with Crippen molar-refractivity contribution in [2.45, 2.75) is 37.0 Å². The highest BCUT2D eigenvalue weighted by molar-refractivity contribution is 7.89. The molecule has 0 amide bonds. The van der Waals surface area contributed by atoms with E-state index in [1.165, 1.54) is 4.31 Å². The quantitative estimate of drug-likeness (QED) is 0.749. The van der Waals surface area contributed by atoms with E-state index in [2.05, 4.69) is 0 Å². The second-order valence-corrected chi connectivity index (χ2v) is 7.16. The maximum absolute atomic E-state index is 12.5. The third-order valence-electron chi connectivity index (χ3n) is 3.45. The van der Waals surface area contributed by atoms with Crippen LogP contribution in [0.25, 0.3) is 0 Å². The summed E-state index contributed by atoms with van der Waals surface area (Å²) in [5.41, 5.74) is 5.61. The van der Waals surface area contributed by atoms with Crippen LogP contribution in [0.2, 0.25) is 0 Å². The Labute approximate surface area is 107 Å². The third kappa shape index (κ3) is 2.62. The molecule has 0 bridgehead atoms. The minimum Gasteiger partial charge on any atom is -0.392 e. The Morgan fingerprint density at radius 2 is 1.94 bits per heavy atom. The van der Waals surface area contributed by atoms with E-state index in [0.717, 1.165) is 12.8 Å². The maximum Gasteiger partial charge on any atom is 0.217 e. The highest BCUT2D eigenvalue weighted by Crippen LogP contribution is 2.27. The molecule has 0 radical (unpaired) electrons. The van der Waals surface area contributed by atoms with Gasteiger partial charge >= 0.3 is 0 Å². The van der Waals surface area contributed by atoms with E-state index >= 15 is 0 Å². The average Bonchev–Trinajstić information content (AvgIpc) is 2.80. The topological polar surface area (TPSA) is 72.6 Å². The molecule has 7 heteroatoms. The summed E-state index contributed by atoms with van der Waals surface area (Å²) in [4.78, 5) is 0.290. The SMILES string of the molecule is NC(=S)C1CCCN1S(=O)(=O)C1CCOCC1. The Balaban J connectivity index is 2.16. The minimum absolute atomic E-state index is 0.280. The Kier molecular flexibility index (Phi) is 4.02. The Hall–Kier alpha value is -0.240. The van der Waals surface area contributed by atoms with E-state index < -0.39 is 10.0 Å². The fourth-order valence-electron chi connectivity index (χ4n) is 2.49. The van der Waals surface area contributed by atoms with Crippen LogP contribution in [0, 0.1) is 0 Å². The summed E-state index contributed by atoms with van der Waals surface area (Å²) in [5.74, 6) is 0. The van der Waals surface area contributed by atoms with Gasteiger partial charge in [0.1, 0.15) is 0 Å². The van der Waals surface area contributed by atoms with E-state index in [9.17, 15) is 8.42 Å². The van der Waals surface area contributed by atoms with Gasteiger partial charge in [0.2, 0.25) is 10.0 Å². The van der Waals surface area contributed by atoms with Crippen molar-refractivity contribution in [2.24, 2.45) is 5.73 Å². The average molecular weight is 278 g/mol. The predicted molar refractivity (Wildman–Crippen MR) is 69.3 cm³/mol. The van der Waals surface area contributed by atoms with Gasteiger partial charge in [-0.1, -0.05) is 12.2 Å². The lowest BCUT2D eigenvalue weighted by Crippen LogP contribution is -2.47. The summed E-state index contributed by atoms with van der Waals surface area (Å²) < 4.78 is 31.6. The standard InChI is InChI=1S/C10H18N2O3S2/c11-10(16)9-2-1-5-12(9)17(13,14)8-3-6-15-7-4-8/h8-9H,1-7H2,(H2,11,16). The van der Waals surface area contributed by atoms with Crippen LogP contribution in [0.5, 0.6) is 0 Å². The minimum atomic E-state index is -3.27. The zero-order valence-electron chi connectivity index (χ0n) is 9.67. The summed E-state index contributed by atoms with van der Waals surface area (Å²) in [6.45, 7) is 1.59. The van der Waals surface area contributed by atoms with Gasteiger partial charge in [0.05, 0.1) is 16.3 Å². The number of rotatable bonds is 3. The van der Waals surface area contributed by atoms with Crippen LogP contribution < -0.4 is 5.73 Å². The molecule has 2 aliphatic heterocycles. The summed E-state index contributed by atoms with van der Waals surface area (Å²) in [6, 6.07) is -0.280. The van der Waals surface area contributed by atoms with Gasteiger partial charge in [0, 0.05) is 19.8 Å². The van der Waals surface area contributed by atoms with Gasteiger partial charge in [-0.2, -0.15) is 4.31 Å². The summed E-state index contributed by atoms with van der Waals surface area (Å²) in [5, 5.41) is -0.328. The Bertz CT molecular complexity index is 390. The van der Waals surface area contributed by atoms with Crippen molar-refractivity contribution in [3.05, 3.63) is 0 Å². The molecule has 0 saturated carbocycles. The number of hydrogen-bond donors (Lipinski definition) is 1. The zero-order chi connectivity index (χ0) is 12.5. The Morgan fingerprint density at radius 3 is 2.53 bits per heavy atom. The summed E-state index contributed by atoms with van der Waals surface area (Å²) in [6.07, 6.45) is 2.73. The molecule has 0 aromatic rings. The first-order valence-corrected chi connectivity index (χ1v) is 7.82. The zero-order valence-corrected chi connectivity index (χ0v) is 11.3. The van der Waals surface area contributed by atoms with Crippen LogP contribution in [-0.2, 0) is 14.8 Å². The van der Waals surface area contributed by atoms with Crippen LogP contribution in [0.15, 0.2) is 0 Å². The van der Waals surface area contributed by atoms with E-state index in [4.69, 9.17) is 22.7 Å². The number of ether oxygens (including phenoxy) is 1. The van der Waals surface area contributed by atoms with E-state index in [1.807, 2.05) is 0 Å². The van der Waals surface area contributed by atoms with Crippen LogP contribution in [0.1, 0.15) is 25.7 Å². The highest BCUT2D eigenvalue weighted by Gasteiger charge is 2.40.